The molecule has 0 N–H and O–H groups in total. The van der Waals surface area contributed by atoms with E-state index in [0.29, 0.717) is 11.6 Å². The molecule has 0 unspecified atom stereocenters. The van der Waals surface area contributed by atoms with E-state index in [-0.39, 0.29) is 0 Å². The molecule has 4 nitrogen and oxygen atoms in total. The molecular weight excluding hydrogens is 276 g/mol. The van der Waals surface area contributed by atoms with Gasteiger partial charge in [0, 0.05) is 17.3 Å². The van der Waals surface area contributed by atoms with Crippen LogP contribution in [-0.2, 0) is 6.61 Å². The van der Waals surface area contributed by atoms with Crippen molar-refractivity contribution < 1.29 is 9.47 Å². The van der Waals surface area contributed by atoms with E-state index in [2.05, 4.69) is 4.98 Å². The maximum Gasteiger partial charge on any atom is 0.138 e. The Labute approximate surface area is 121 Å². The minimum absolute atomic E-state index is 0.427. The van der Waals surface area contributed by atoms with E-state index in [0.717, 1.165) is 22.8 Å². The van der Waals surface area contributed by atoms with Gasteiger partial charge in [-0.05, 0) is 24.3 Å². The third-order valence-corrected chi connectivity index (χ3v) is 3.21. The summed E-state index contributed by atoms with van der Waals surface area (Å²) in [7, 11) is 1.63. The lowest BCUT2D eigenvalue weighted by Crippen LogP contribution is -1.99. The lowest BCUT2D eigenvalue weighted by atomic mass is 10.3. The van der Waals surface area contributed by atoms with Gasteiger partial charge in [-0.25, -0.2) is 4.98 Å². The summed E-state index contributed by atoms with van der Waals surface area (Å²) in [6.07, 6.45) is 3.67. The molecule has 0 spiro atoms. The first kappa shape index (κ1) is 12.8. The van der Waals surface area contributed by atoms with Crippen LogP contribution in [-0.4, -0.2) is 16.5 Å². The van der Waals surface area contributed by atoms with E-state index in [1.54, 1.807) is 13.3 Å². The van der Waals surface area contributed by atoms with Crippen LogP contribution in [0.2, 0.25) is 5.02 Å². The fraction of sp³-hybridized carbons (Fsp3) is 0.133. The molecule has 0 aliphatic rings. The van der Waals surface area contributed by atoms with Crippen molar-refractivity contribution >= 4 is 17.2 Å². The van der Waals surface area contributed by atoms with Crippen LogP contribution < -0.4 is 9.47 Å². The van der Waals surface area contributed by atoms with E-state index >= 15 is 0 Å². The fourth-order valence-electron chi connectivity index (χ4n) is 1.96. The minimum atomic E-state index is 0.427. The highest BCUT2D eigenvalue weighted by atomic mass is 35.5. The summed E-state index contributed by atoms with van der Waals surface area (Å²) in [6, 6.07) is 11.1. The number of aromatic nitrogens is 2. The zero-order valence-corrected chi connectivity index (χ0v) is 11.7. The van der Waals surface area contributed by atoms with Gasteiger partial charge in [-0.15, -0.1) is 0 Å². The zero-order valence-electron chi connectivity index (χ0n) is 10.9. The van der Waals surface area contributed by atoms with Gasteiger partial charge in [-0.1, -0.05) is 17.7 Å². The summed E-state index contributed by atoms with van der Waals surface area (Å²) < 4.78 is 12.9. The van der Waals surface area contributed by atoms with Crippen LogP contribution in [0.25, 0.3) is 5.65 Å². The molecule has 102 valence electrons. The lowest BCUT2D eigenvalue weighted by Gasteiger charge is -2.07. The van der Waals surface area contributed by atoms with Crippen LogP contribution in [0.4, 0.5) is 0 Å². The third-order valence-electron chi connectivity index (χ3n) is 2.98. The van der Waals surface area contributed by atoms with E-state index < -0.39 is 0 Å². The molecule has 2 heterocycles. The molecule has 3 rings (SSSR count). The smallest absolute Gasteiger partial charge is 0.138 e. The predicted molar refractivity (Wildman–Crippen MR) is 77.5 cm³/mol. The van der Waals surface area contributed by atoms with Crippen LogP contribution in [0.15, 0.2) is 48.8 Å². The maximum absolute atomic E-state index is 5.94. The summed E-state index contributed by atoms with van der Waals surface area (Å²) in [4.78, 5) is 4.30. The number of hydrogen-bond acceptors (Lipinski definition) is 3. The van der Waals surface area contributed by atoms with Gasteiger partial charge in [-0.3, -0.25) is 0 Å². The SMILES string of the molecule is COc1cccc(OCc2cnc3cc(Cl)ccn23)c1. The van der Waals surface area contributed by atoms with E-state index in [4.69, 9.17) is 21.1 Å². The number of ether oxygens (including phenoxy) is 2. The Morgan fingerprint density at radius 1 is 1.20 bits per heavy atom. The van der Waals surface area contributed by atoms with Crippen molar-refractivity contribution in [3.63, 3.8) is 0 Å². The molecule has 0 aliphatic heterocycles. The Bertz CT molecular complexity index is 740. The third kappa shape index (κ3) is 2.56. The quantitative estimate of drug-likeness (QED) is 0.736. The highest BCUT2D eigenvalue weighted by molar-refractivity contribution is 6.30. The number of benzene rings is 1. The predicted octanol–water partition coefficient (Wildman–Crippen LogP) is 3.58. The van der Waals surface area contributed by atoms with Crippen molar-refractivity contribution in [1.29, 1.82) is 0 Å². The molecule has 0 amide bonds. The Balaban J connectivity index is 1.79. The van der Waals surface area contributed by atoms with Crippen molar-refractivity contribution in [1.82, 2.24) is 9.38 Å². The topological polar surface area (TPSA) is 35.8 Å². The molecular formula is C15H13ClN2O2. The van der Waals surface area contributed by atoms with Crippen LogP contribution in [0.5, 0.6) is 11.5 Å². The number of imidazole rings is 1. The number of rotatable bonds is 4. The van der Waals surface area contributed by atoms with Crippen molar-refractivity contribution in [3.8, 4) is 11.5 Å². The first-order valence-electron chi connectivity index (χ1n) is 6.14. The second kappa shape index (κ2) is 5.43. The van der Waals surface area contributed by atoms with E-state index in [1.807, 2.05) is 47.0 Å². The summed E-state index contributed by atoms with van der Waals surface area (Å²) in [5, 5.41) is 0.670. The van der Waals surface area contributed by atoms with Gasteiger partial charge in [0.2, 0.25) is 0 Å². The van der Waals surface area contributed by atoms with Gasteiger partial charge in [0.15, 0.2) is 0 Å². The number of fused-ring (bicyclic) bond motifs is 1. The molecule has 2 aromatic heterocycles. The highest BCUT2D eigenvalue weighted by Gasteiger charge is 2.05. The van der Waals surface area contributed by atoms with Crippen molar-refractivity contribution in [2.75, 3.05) is 7.11 Å². The Morgan fingerprint density at radius 3 is 2.90 bits per heavy atom. The van der Waals surface area contributed by atoms with Crippen LogP contribution >= 0.6 is 11.6 Å². The van der Waals surface area contributed by atoms with Crippen LogP contribution in [0.3, 0.4) is 0 Å². The van der Waals surface area contributed by atoms with Gasteiger partial charge in [0.1, 0.15) is 23.8 Å². The largest absolute Gasteiger partial charge is 0.497 e. The van der Waals surface area contributed by atoms with Crippen molar-refractivity contribution in [3.05, 3.63) is 59.5 Å². The van der Waals surface area contributed by atoms with E-state index in [9.17, 15) is 0 Å². The molecule has 0 atom stereocenters. The molecule has 0 radical (unpaired) electrons. The Morgan fingerprint density at radius 2 is 2.05 bits per heavy atom. The molecule has 0 saturated carbocycles. The Kier molecular flexibility index (Phi) is 3.48. The summed E-state index contributed by atoms with van der Waals surface area (Å²) in [5.74, 6) is 1.53. The number of halogens is 1. The summed E-state index contributed by atoms with van der Waals surface area (Å²) in [5.41, 5.74) is 1.77. The monoisotopic (exact) mass is 288 g/mol. The molecule has 20 heavy (non-hydrogen) atoms. The minimum Gasteiger partial charge on any atom is -0.497 e. The molecule has 0 bridgehead atoms. The van der Waals surface area contributed by atoms with Gasteiger partial charge < -0.3 is 13.9 Å². The number of pyridine rings is 1. The summed E-state index contributed by atoms with van der Waals surface area (Å²) in [6.45, 7) is 0.427. The highest BCUT2D eigenvalue weighted by Crippen LogP contribution is 2.20. The molecule has 0 aliphatic carbocycles. The molecule has 1 aromatic carbocycles. The Hall–Kier alpha value is -2.20. The second-order valence-electron chi connectivity index (χ2n) is 4.29. The average molecular weight is 289 g/mol. The fourth-order valence-corrected chi connectivity index (χ4v) is 2.12. The number of methoxy groups -OCH3 is 1. The zero-order chi connectivity index (χ0) is 13.9. The standard InChI is InChI=1S/C15H13ClN2O2/c1-19-13-3-2-4-14(8-13)20-10-12-9-17-15-7-11(16)5-6-18(12)15/h2-9H,10H2,1H3. The first-order valence-corrected chi connectivity index (χ1v) is 6.52. The molecule has 0 fully saturated rings. The maximum atomic E-state index is 5.94. The summed E-state index contributed by atoms with van der Waals surface area (Å²) >= 11 is 5.94. The normalized spacial score (nSPS) is 10.7. The van der Waals surface area contributed by atoms with Gasteiger partial charge >= 0.3 is 0 Å². The molecule has 3 aromatic rings. The average Bonchev–Trinajstić information content (AvgIpc) is 2.87. The van der Waals surface area contributed by atoms with E-state index in [1.165, 1.54) is 0 Å². The number of nitrogens with zero attached hydrogens (tertiary/aromatic N) is 2. The number of hydrogen-bond donors (Lipinski definition) is 0. The van der Waals surface area contributed by atoms with Gasteiger partial charge in [0.25, 0.3) is 0 Å². The molecule has 5 heteroatoms. The van der Waals surface area contributed by atoms with Crippen molar-refractivity contribution in [2.24, 2.45) is 0 Å². The molecule has 0 saturated heterocycles. The van der Waals surface area contributed by atoms with Gasteiger partial charge in [0.05, 0.1) is 19.0 Å². The van der Waals surface area contributed by atoms with Crippen molar-refractivity contribution in [2.45, 2.75) is 6.61 Å². The van der Waals surface area contributed by atoms with Crippen LogP contribution in [0, 0.1) is 0 Å². The van der Waals surface area contributed by atoms with Crippen LogP contribution in [0.1, 0.15) is 5.69 Å². The second-order valence-corrected chi connectivity index (χ2v) is 4.73. The van der Waals surface area contributed by atoms with Gasteiger partial charge in [-0.2, -0.15) is 0 Å². The lowest BCUT2D eigenvalue weighted by molar-refractivity contribution is 0.298. The first-order chi connectivity index (χ1) is 9.76.